The van der Waals surface area contributed by atoms with Crippen LogP contribution in [0.15, 0.2) is 43.1 Å². The van der Waals surface area contributed by atoms with Gasteiger partial charge < -0.3 is 72.0 Å². The number of carbonyl (C=O) groups excluding carboxylic acids is 4. The van der Waals surface area contributed by atoms with E-state index in [4.69, 9.17) is 25.3 Å². The molecule has 392 valence electrons. The summed E-state index contributed by atoms with van der Waals surface area (Å²) in [5.74, 6) is -3.40. The number of imidazole rings is 1. The number of thioether (sulfide) groups is 1. The first-order valence-corrected chi connectivity index (χ1v) is 26.6. The molecule has 9 atom stereocenters. The number of aliphatic hydroxyl groups is 2. The second-order valence-electron chi connectivity index (χ2n) is 16.4. The normalized spacial score (nSPS) is 20.4. The van der Waals surface area contributed by atoms with Gasteiger partial charge in [-0.3, -0.25) is 37.3 Å². The molecular formula is C37H53N10O20P3S. The number of carboxylic acids is 1. The van der Waals surface area contributed by atoms with Crippen LogP contribution in [-0.4, -0.2) is 157 Å². The second-order valence-corrected chi connectivity index (χ2v) is 21.7. The number of nitrogen functional groups attached to an aromatic ring is 1. The number of benzene rings is 1. The monoisotopic (exact) mass is 1080 g/mol. The largest absolute Gasteiger partial charge is 0.481 e. The van der Waals surface area contributed by atoms with Crippen LogP contribution in [0.25, 0.3) is 22.1 Å². The van der Waals surface area contributed by atoms with Gasteiger partial charge in [0.1, 0.15) is 42.3 Å². The van der Waals surface area contributed by atoms with Gasteiger partial charge in [0.2, 0.25) is 22.8 Å². The third-order valence-corrected chi connectivity index (χ3v) is 14.6. The Hall–Kier alpha value is -4.78. The second kappa shape index (κ2) is 24.3. The zero-order valence-electron chi connectivity index (χ0n) is 37.6. The molecule has 1 aromatic carbocycles. The summed E-state index contributed by atoms with van der Waals surface area (Å²) < 4.78 is 62.4. The summed E-state index contributed by atoms with van der Waals surface area (Å²) in [5, 5.41) is 38.9. The van der Waals surface area contributed by atoms with Crippen molar-refractivity contribution in [2.45, 2.75) is 82.3 Å². The van der Waals surface area contributed by atoms with Crippen LogP contribution in [0.4, 0.5) is 5.82 Å². The average molecular weight is 1080 g/mol. The molecule has 0 saturated carbocycles. The molecule has 4 aromatic rings. The average Bonchev–Trinajstić information content (AvgIpc) is 3.99. The van der Waals surface area contributed by atoms with Crippen molar-refractivity contribution in [1.29, 1.82) is 0 Å². The lowest BCUT2D eigenvalue weighted by atomic mass is 9.87. The number of hydrogen-bond donors (Lipinski definition) is 13. The SMILES string of the molecule is CC(C)(COP(=O)(O)OP(=O)(O)OCC1OC(n2cnc3c(N)ncnc32)C(O)C1OP(=O)(O)O)C(O)C(=O)NCCC(=O)NCCSC(=O)[C@H](N)CCC(=O)N[C@@H](Cc1c[nH]c2ccccc12)C(=O)O. The Kier molecular flexibility index (Phi) is 19.5. The van der Waals surface area contributed by atoms with E-state index in [1.165, 1.54) is 13.8 Å². The Bertz CT molecular complexity index is 2710. The number of nitrogens with one attached hydrogen (secondary N) is 4. The van der Waals surface area contributed by atoms with Crippen LogP contribution in [0, 0.1) is 5.41 Å². The first-order chi connectivity index (χ1) is 33.2. The van der Waals surface area contributed by atoms with E-state index in [1.54, 1.807) is 6.20 Å². The highest BCUT2D eigenvalue weighted by Crippen LogP contribution is 2.61. The van der Waals surface area contributed by atoms with Crippen molar-refractivity contribution < 1.29 is 95.2 Å². The number of phosphoric ester groups is 3. The topological polar surface area (TPSA) is 472 Å². The van der Waals surface area contributed by atoms with Crippen LogP contribution >= 0.6 is 35.2 Å². The maximum absolute atomic E-state index is 12.8. The number of amides is 3. The summed E-state index contributed by atoms with van der Waals surface area (Å²) >= 11 is 0.798. The number of aromatic nitrogens is 5. The molecule has 0 aliphatic carbocycles. The van der Waals surface area contributed by atoms with Gasteiger partial charge in [-0.2, -0.15) is 4.31 Å². The number of anilines is 1. The zero-order valence-corrected chi connectivity index (χ0v) is 41.1. The number of fused-ring (bicyclic) bond motifs is 2. The van der Waals surface area contributed by atoms with Crippen LogP contribution in [0.3, 0.4) is 0 Å². The maximum Gasteiger partial charge on any atom is 0.481 e. The number of hydrogen-bond acceptors (Lipinski definition) is 21. The molecule has 4 heterocycles. The van der Waals surface area contributed by atoms with E-state index in [9.17, 15) is 72.6 Å². The molecule has 1 fully saturated rings. The standard InChI is InChI=1S/C37H53N10O20P3S/c1-37(2,16-64-70(61,62)67-69(59,60)63-15-24-29(66-68(56,57)58)28(50)34(65-24)47-18-45-27-31(39)43-17-44-32(27)47)30(51)33(52)41-10-9-25(48)40-11-12-71-36(55)21(38)7-8-26(49)46-23(35(53)54)13-19-14-42-22-6-4-3-5-20(19)22/h3-6,14,17-18,21,23-24,28-30,34,42,50-51H,7-13,15-16,38H2,1-2H3,(H,40,48)(H,41,52)(H,46,49)(H,53,54)(H,59,60)(H,61,62)(H2,39,43,44)(H2,56,57,58)/t21-,23+,24?,28?,29?,30?,34?/m1/s1. The van der Waals surface area contributed by atoms with E-state index >= 15 is 0 Å². The van der Waals surface area contributed by atoms with Gasteiger partial charge in [0.25, 0.3) is 0 Å². The molecule has 15 N–H and O–H groups in total. The predicted octanol–water partition coefficient (Wildman–Crippen LogP) is -0.934. The number of ether oxygens (including phenoxy) is 1. The smallest absolute Gasteiger partial charge is 0.480 e. The first kappa shape index (κ1) is 57.1. The molecule has 34 heteroatoms. The number of phosphoric acid groups is 3. The van der Waals surface area contributed by atoms with E-state index < -0.39 is 114 Å². The Morgan fingerprint density at radius 3 is 2.39 bits per heavy atom. The summed E-state index contributed by atoms with van der Waals surface area (Å²) in [4.78, 5) is 116. The van der Waals surface area contributed by atoms with Gasteiger partial charge in [-0.25, -0.2) is 33.4 Å². The van der Waals surface area contributed by atoms with E-state index in [2.05, 4.69) is 44.7 Å². The summed E-state index contributed by atoms with van der Waals surface area (Å²) in [6.45, 7) is 0.0384. The van der Waals surface area contributed by atoms with Crippen LogP contribution in [-0.2, 0) is 66.7 Å². The van der Waals surface area contributed by atoms with E-state index in [-0.39, 0.29) is 61.5 Å². The number of nitrogens with zero attached hydrogens (tertiary/aromatic N) is 4. The molecule has 71 heavy (non-hydrogen) atoms. The van der Waals surface area contributed by atoms with E-state index in [1.807, 2.05) is 24.3 Å². The number of para-hydroxylation sites is 1. The number of aliphatic carboxylic acids is 1. The predicted molar refractivity (Wildman–Crippen MR) is 246 cm³/mol. The molecule has 5 rings (SSSR count). The number of rotatable bonds is 27. The van der Waals surface area contributed by atoms with Crippen molar-refractivity contribution in [3.63, 3.8) is 0 Å². The molecule has 1 aliphatic heterocycles. The van der Waals surface area contributed by atoms with Crippen molar-refractivity contribution in [3.05, 3.63) is 48.7 Å². The lowest BCUT2D eigenvalue weighted by molar-refractivity contribution is -0.141. The highest BCUT2D eigenvalue weighted by atomic mass is 32.2. The third-order valence-electron chi connectivity index (χ3n) is 10.5. The number of carbonyl (C=O) groups is 5. The molecule has 0 radical (unpaired) electrons. The van der Waals surface area contributed by atoms with Gasteiger partial charge in [0.05, 0.1) is 25.6 Å². The fourth-order valence-electron chi connectivity index (χ4n) is 6.78. The quantitative estimate of drug-likeness (QED) is 0.0253. The minimum Gasteiger partial charge on any atom is -0.480 e. The lowest BCUT2D eigenvalue weighted by Crippen LogP contribution is -2.46. The zero-order chi connectivity index (χ0) is 52.5. The number of nitrogens with two attached hydrogens (primary N) is 2. The number of H-pyrrole nitrogens is 1. The Labute approximate surface area is 406 Å². The minimum absolute atomic E-state index is 0.00641. The first-order valence-electron chi connectivity index (χ1n) is 21.1. The molecule has 30 nitrogen and oxygen atoms in total. The third kappa shape index (κ3) is 16.4. The molecule has 3 amide bonds. The summed E-state index contributed by atoms with van der Waals surface area (Å²) in [5.41, 5.74) is 11.6. The van der Waals surface area contributed by atoms with Crippen LogP contribution in [0.1, 0.15) is 44.9 Å². The fraction of sp³-hybridized carbons (Fsp3) is 0.514. The lowest BCUT2D eigenvalue weighted by Gasteiger charge is -2.30. The Balaban J connectivity index is 0.978. The van der Waals surface area contributed by atoms with Gasteiger partial charge in [-0.1, -0.05) is 43.8 Å². The van der Waals surface area contributed by atoms with Crippen molar-refractivity contribution in [3.8, 4) is 0 Å². The minimum atomic E-state index is -5.62. The Morgan fingerprint density at radius 1 is 0.986 bits per heavy atom. The highest BCUT2D eigenvalue weighted by Gasteiger charge is 2.50. The summed E-state index contributed by atoms with van der Waals surface area (Å²) in [6, 6.07) is 5.02. The van der Waals surface area contributed by atoms with Crippen molar-refractivity contribution >= 4 is 91.9 Å². The molecular weight excluding hydrogens is 1030 g/mol. The molecule has 1 saturated heterocycles. The van der Waals surface area contributed by atoms with E-state index in [0.717, 1.165) is 39.9 Å². The summed E-state index contributed by atoms with van der Waals surface area (Å²) in [7, 11) is -16.5. The summed E-state index contributed by atoms with van der Waals surface area (Å²) in [6.07, 6.45) is -5.83. The molecule has 0 bridgehead atoms. The van der Waals surface area contributed by atoms with Crippen molar-refractivity contribution in [2.75, 3.05) is 37.8 Å². The highest BCUT2D eigenvalue weighted by molar-refractivity contribution is 8.13. The number of aromatic amines is 1. The van der Waals surface area contributed by atoms with Crippen LogP contribution in [0.5, 0.6) is 0 Å². The molecule has 0 spiro atoms. The van der Waals surface area contributed by atoms with Gasteiger partial charge >= 0.3 is 29.4 Å². The Morgan fingerprint density at radius 2 is 1.69 bits per heavy atom. The van der Waals surface area contributed by atoms with Crippen molar-refractivity contribution in [2.24, 2.45) is 11.1 Å². The number of aliphatic hydroxyl groups excluding tert-OH is 2. The van der Waals surface area contributed by atoms with Crippen LogP contribution in [0.2, 0.25) is 0 Å². The number of carboxylic acid groups (broad SMARTS) is 1. The van der Waals surface area contributed by atoms with Gasteiger partial charge in [0.15, 0.2) is 17.7 Å². The fourth-order valence-corrected chi connectivity index (χ4v) is 10.3. The van der Waals surface area contributed by atoms with Crippen molar-refractivity contribution in [1.82, 2.24) is 40.5 Å². The molecule has 1 aliphatic rings. The van der Waals surface area contributed by atoms with Gasteiger partial charge in [-0.15, -0.1) is 0 Å². The molecule has 7 unspecified atom stereocenters. The van der Waals surface area contributed by atoms with Crippen LogP contribution < -0.4 is 27.4 Å². The van der Waals surface area contributed by atoms with E-state index in [0.29, 0.717) is 5.56 Å². The van der Waals surface area contributed by atoms with Gasteiger partial charge in [0, 0.05) is 60.6 Å². The maximum atomic E-state index is 12.8. The van der Waals surface area contributed by atoms with Gasteiger partial charge in [-0.05, 0) is 18.1 Å². The molecule has 3 aromatic heterocycles.